The van der Waals surface area contributed by atoms with Crippen molar-refractivity contribution < 1.29 is 37.0 Å². The number of carbonyl (C=O) groups excluding carboxylic acids is 2. The van der Waals surface area contributed by atoms with Gasteiger partial charge in [-0.1, -0.05) is 6.92 Å². The van der Waals surface area contributed by atoms with Gasteiger partial charge in [-0.25, -0.2) is 4.79 Å². The number of aryl methyl sites for hydroxylation is 2. The molecule has 11 heteroatoms. The molecule has 36 heavy (non-hydrogen) atoms. The van der Waals surface area contributed by atoms with Crippen molar-refractivity contribution in [2.24, 2.45) is 5.41 Å². The smallest absolute Gasteiger partial charge is 0.419 e. The maximum atomic E-state index is 13.3. The molecule has 2 aromatic rings. The number of nitrogens with one attached hydrogen (secondary N) is 1. The van der Waals surface area contributed by atoms with E-state index in [4.69, 9.17) is 14.2 Å². The van der Waals surface area contributed by atoms with Crippen LogP contribution < -0.4 is 10.1 Å². The van der Waals surface area contributed by atoms with Crippen LogP contribution in [0.3, 0.4) is 0 Å². The lowest BCUT2D eigenvalue weighted by Gasteiger charge is -2.36. The van der Waals surface area contributed by atoms with Crippen molar-refractivity contribution in [3.63, 3.8) is 0 Å². The minimum absolute atomic E-state index is 0.00646. The van der Waals surface area contributed by atoms with Crippen LogP contribution in [0, 0.1) is 5.41 Å². The van der Waals surface area contributed by atoms with E-state index in [0.29, 0.717) is 51.1 Å². The molecule has 1 aromatic heterocycles. The van der Waals surface area contributed by atoms with Gasteiger partial charge in [-0.2, -0.15) is 18.3 Å². The van der Waals surface area contributed by atoms with Gasteiger partial charge in [0.25, 0.3) is 5.91 Å². The van der Waals surface area contributed by atoms with E-state index in [1.807, 2.05) is 11.6 Å². The number of carbonyl (C=O) groups is 2. The number of aromatic nitrogens is 2. The highest BCUT2D eigenvalue weighted by Crippen LogP contribution is 2.38. The Morgan fingerprint density at radius 1 is 1.28 bits per heavy atom. The molecular formula is C25H30F3N3O5. The van der Waals surface area contributed by atoms with Crippen LogP contribution in [0.15, 0.2) is 18.2 Å². The quantitative estimate of drug-likeness (QED) is 0.451. The first kappa shape index (κ1) is 26.0. The molecule has 0 unspecified atom stereocenters. The van der Waals surface area contributed by atoms with Crippen LogP contribution >= 0.6 is 0 Å². The third-order valence-electron chi connectivity index (χ3n) is 6.90. The monoisotopic (exact) mass is 509 g/mol. The van der Waals surface area contributed by atoms with Gasteiger partial charge < -0.3 is 19.5 Å². The van der Waals surface area contributed by atoms with Gasteiger partial charge in [0.1, 0.15) is 5.75 Å². The SMILES string of the molecule is CCc1nn(CCCOC(=O)c2ccc(OC)c(C(F)(F)F)c2)c2c1C(=O)NCC1(CCOCC1)C2. The summed E-state index contributed by atoms with van der Waals surface area (Å²) in [6, 6.07) is 3.07. The van der Waals surface area contributed by atoms with Crippen molar-refractivity contribution in [1.29, 1.82) is 0 Å². The standard InChI is InChI=1S/C25H30F3N3O5/c1-3-18-21-19(14-24(15-29-22(21)32)7-11-35-12-8-24)31(30-18)9-4-10-36-23(33)16-5-6-20(34-2)17(13-16)25(26,27)28/h5-6,13H,3-4,7-12,14-15H2,1-2H3,(H,29,32). The average Bonchev–Trinajstić information content (AvgIpc) is 3.14. The van der Waals surface area contributed by atoms with Crippen molar-refractivity contribution in [1.82, 2.24) is 15.1 Å². The molecule has 1 aromatic carbocycles. The molecule has 1 N–H and O–H groups in total. The van der Waals surface area contributed by atoms with Gasteiger partial charge in [0.2, 0.25) is 0 Å². The maximum Gasteiger partial charge on any atom is 0.419 e. The Hall–Kier alpha value is -3.08. The molecule has 1 amide bonds. The van der Waals surface area contributed by atoms with Crippen molar-refractivity contribution >= 4 is 11.9 Å². The summed E-state index contributed by atoms with van der Waals surface area (Å²) in [5.74, 6) is -1.34. The Balaban J connectivity index is 1.44. The summed E-state index contributed by atoms with van der Waals surface area (Å²) < 4.78 is 57.1. The number of halogens is 3. The van der Waals surface area contributed by atoms with Gasteiger partial charge in [0.15, 0.2) is 0 Å². The zero-order valence-corrected chi connectivity index (χ0v) is 20.4. The second kappa shape index (κ2) is 10.5. The van der Waals surface area contributed by atoms with E-state index in [-0.39, 0.29) is 29.2 Å². The van der Waals surface area contributed by atoms with Gasteiger partial charge in [-0.15, -0.1) is 0 Å². The van der Waals surface area contributed by atoms with Crippen molar-refractivity contribution in [3.05, 3.63) is 46.3 Å². The van der Waals surface area contributed by atoms with Gasteiger partial charge in [-0.3, -0.25) is 9.48 Å². The third kappa shape index (κ3) is 5.35. The Labute approximate surface area is 207 Å². The van der Waals surface area contributed by atoms with Crippen LogP contribution in [-0.2, 0) is 35.0 Å². The number of nitrogens with zero attached hydrogens (tertiary/aromatic N) is 2. The summed E-state index contributed by atoms with van der Waals surface area (Å²) in [5.41, 5.74) is 0.893. The number of benzene rings is 1. The van der Waals surface area contributed by atoms with Crippen LogP contribution in [0.1, 0.15) is 63.9 Å². The highest BCUT2D eigenvalue weighted by atomic mass is 19.4. The fourth-order valence-corrected chi connectivity index (χ4v) is 4.88. The van der Waals surface area contributed by atoms with Gasteiger partial charge in [0, 0.05) is 32.7 Å². The number of hydrogen-bond acceptors (Lipinski definition) is 6. The van der Waals surface area contributed by atoms with Crippen LogP contribution in [0.25, 0.3) is 0 Å². The molecule has 196 valence electrons. The Morgan fingerprint density at radius 2 is 2.03 bits per heavy atom. The predicted molar refractivity (Wildman–Crippen MR) is 123 cm³/mol. The number of ether oxygens (including phenoxy) is 3. The molecule has 2 aliphatic heterocycles. The van der Waals surface area contributed by atoms with Gasteiger partial charge >= 0.3 is 12.1 Å². The van der Waals surface area contributed by atoms with E-state index in [9.17, 15) is 22.8 Å². The number of fused-ring (bicyclic) bond motifs is 1. The zero-order valence-electron chi connectivity index (χ0n) is 20.4. The first-order valence-corrected chi connectivity index (χ1v) is 12.0. The third-order valence-corrected chi connectivity index (χ3v) is 6.90. The maximum absolute atomic E-state index is 13.3. The fraction of sp³-hybridized carbons (Fsp3) is 0.560. The normalized spacial score (nSPS) is 17.3. The van der Waals surface area contributed by atoms with Crippen molar-refractivity contribution in [2.45, 2.75) is 51.7 Å². The van der Waals surface area contributed by atoms with Crippen LogP contribution in [-0.4, -0.2) is 55.1 Å². The van der Waals surface area contributed by atoms with E-state index in [1.54, 1.807) is 0 Å². The van der Waals surface area contributed by atoms with Gasteiger partial charge in [-0.05, 0) is 49.3 Å². The minimum Gasteiger partial charge on any atom is -0.496 e. The lowest BCUT2D eigenvalue weighted by Crippen LogP contribution is -2.40. The number of amides is 1. The van der Waals surface area contributed by atoms with Crippen molar-refractivity contribution in [2.75, 3.05) is 33.5 Å². The van der Waals surface area contributed by atoms with E-state index in [0.717, 1.165) is 43.5 Å². The number of hydrogen-bond donors (Lipinski definition) is 1. The summed E-state index contributed by atoms with van der Waals surface area (Å²) >= 11 is 0. The number of alkyl halides is 3. The van der Waals surface area contributed by atoms with E-state index < -0.39 is 17.7 Å². The average molecular weight is 510 g/mol. The van der Waals surface area contributed by atoms with Crippen molar-refractivity contribution in [3.8, 4) is 5.75 Å². The van der Waals surface area contributed by atoms with E-state index in [2.05, 4.69) is 10.4 Å². The highest BCUT2D eigenvalue weighted by Gasteiger charge is 2.39. The molecule has 1 fully saturated rings. The molecule has 4 rings (SSSR count). The molecule has 1 spiro atoms. The first-order chi connectivity index (χ1) is 17.2. The summed E-state index contributed by atoms with van der Waals surface area (Å²) in [6.07, 6.45) is -1.28. The Morgan fingerprint density at radius 3 is 2.69 bits per heavy atom. The molecular weight excluding hydrogens is 479 g/mol. The molecule has 0 aliphatic carbocycles. The molecule has 0 saturated carbocycles. The topological polar surface area (TPSA) is 91.7 Å². The molecule has 1 saturated heterocycles. The summed E-state index contributed by atoms with van der Waals surface area (Å²) in [7, 11) is 1.13. The van der Waals surface area contributed by atoms with Crippen LogP contribution in [0.5, 0.6) is 5.75 Å². The molecule has 3 heterocycles. The predicted octanol–water partition coefficient (Wildman–Crippen LogP) is 3.80. The molecule has 0 atom stereocenters. The van der Waals surface area contributed by atoms with Crippen LogP contribution in [0.2, 0.25) is 0 Å². The molecule has 0 radical (unpaired) electrons. The van der Waals surface area contributed by atoms with Crippen LogP contribution in [0.4, 0.5) is 13.2 Å². The lowest BCUT2D eigenvalue weighted by atomic mass is 9.76. The number of esters is 1. The largest absolute Gasteiger partial charge is 0.496 e. The molecule has 2 aliphatic rings. The minimum atomic E-state index is -4.66. The summed E-state index contributed by atoms with van der Waals surface area (Å²) in [4.78, 5) is 25.3. The lowest BCUT2D eigenvalue weighted by molar-refractivity contribution is -0.138. The Bertz CT molecular complexity index is 1120. The summed E-state index contributed by atoms with van der Waals surface area (Å²) in [6.45, 7) is 4.24. The second-order valence-corrected chi connectivity index (χ2v) is 9.22. The number of methoxy groups -OCH3 is 1. The zero-order chi connectivity index (χ0) is 25.9. The molecule has 0 bridgehead atoms. The second-order valence-electron chi connectivity index (χ2n) is 9.22. The number of rotatable bonds is 7. The van der Waals surface area contributed by atoms with Gasteiger partial charge in [0.05, 0.1) is 41.8 Å². The fourth-order valence-electron chi connectivity index (χ4n) is 4.88. The summed E-state index contributed by atoms with van der Waals surface area (Å²) in [5, 5.41) is 7.72. The first-order valence-electron chi connectivity index (χ1n) is 12.0. The molecule has 8 nitrogen and oxygen atoms in total. The Kier molecular flexibility index (Phi) is 7.58. The highest BCUT2D eigenvalue weighted by molar-refractivity contribution is 5.97. The van der Waals surface area contributed by atoms with E-state index in [1.165, 1.54) is 6.07 Å². The van der Waals surface area contributed by atoms with E-state index >= 15 is 0 Å².